The summed E-state index contributed by atoms with van der Waals surface area (Å²) >= 11 is 0. The van der Waals surface area contributed by atoms with Gasteiger partial charge in [-0.2, -0.15) is 0 Å². The lowest BCUT2D eigenvalue weighted by Gasteiger charge is -2.20. The van der Waals surface area contributed by atoms with Gasteiger partial charge in [-0.1, -0.05) is 44.2 Å². The molecule has 0 bridgehead atoms. The van der Waals surface area contributed by atoms with Crippen molar-refractivity contribution < 1.29 is 9.53 Å². The summed E-state index contributed by atoms with van der Waals surface area (Å²) in [5, 5.41) is 3.10. The summed E-state index contributed by atoms with van der Waals surface area (Å²) in [5.74, 6) is 1.25. The molecule has 0 aromatic heterocycles. The van der Waals surface area contributed by atoms with Gasteiger partial charge in [0.15, 0.2) is 0 Å². The number of aryl methyl sites for hydroxylation is 1. The molecule has 0 saturated heterocycles. The van der Waals surface area contributed by atoms with Gasteiger partial charge < -0.3 is 10.1 Å². The topological polar surface area (TPSA) is 41.6 Å². The lowest BCUT2D eigenvalue weighted by Crippen LogP contribution is -2.30. The fourth-order valence-electron chi connectivity index (χ4n) is 2.99. The zero-order chi connectivity index (χ0) is 19.1. The molecule has 0 saturated carbocycles. The molecular formula is C22H30N2O2. The SMILES string of the molecule is CCOc1ccc(CN(C)CC(=O)Nc2c(C)cccc2C(C)C)cc1. The molecule has 26 heavy (non-hydrogen) atoms. The van der Waals surface area contributed by atoms with Gasteiger partial charge in [0.05, 0.1) is 13.2 Å². The Morgan fingerprint density at radius 2 is 1.85 bits per heavy atom. The van der Waals surface area contributed by atoms with E-state index in [9.17, 15) is 4.79 Å². The standard InChI is InChI=1S/C22H30N2O2/c1-6-26-19-12-10-18(11-13-19)14-24(5)15-21(25)23-22-17(4)8-7-9-20(22)16(2)3/h7-13,16H,6,14-15H2,1-5H3,(H,23,25). The largest absolute Gasteiger partial charge is 0.494 e. The van der Waals surface area contributed by atoms with Crippen LogP contribution in [0.4, 0.5) is 5.69 Å². The Bertz CT molecular complexity index is 723. The fourth-order valence-corrected chi connectivity index (χ4v) is 2.99. The normalized spacial score (nSPS) is 11.0. The molecule has 0 heterocycles. The van der Waals surface area contributed by atoms with E-state index in [-0.39, 0.29) is 5.91 Å². The number of ether oxygens (including phenoxy) is 1. The Morgan fingerprint density at radius 3 is 2.46 bits per heavy atom. The van der Waals surface area contributed by atoms with Crippen LogP contribution in [0.1, 0.15) is 43.4 Å². The van der Waals surface area contributed by atoms with E-state index in [2.05, 4.69) is 25.2 Å². The van der Waals surface area contributed by atoms with E-state index < -0.39 is 0 Å². The molecule has 0 fully saturated rings. The molecule has 0 atom stereocenters. The summed E-state index contributed by atoms with van der Waals surface area (Å²) in [5.41, 5.74) is 4.37. The maximum absolute atomic E-state index is 12.5. The van der Waals surface area contributed by atoms with Crippen LogP contribution >= 0.6 is 0 Å². The molecule has 2 rings (SSSR count). The van der Waals surface area contributed by atoms with Gasteiger partial charge in [-0.05, 0) is 55.6 Å². The van der Waals surface area contributed by atoms with Crippen LogP contribution in [0.3, 0.4) is 0 Å². The van der Waals surface area contributed by atoms with Crippen molar-refractivity contribution in [2.75, 3.05) is 25.5 Å². The van der Waals surface area contributed by atoms with Crippen LogP contribution in [0.25, 0.3) is 0 Å². The van der Waals surface area contributed by atoms with E-state index in [1.165, 1.54) is 5.56 Å². The Labute approximate surface area is 157 Å². The number of likely N-dealkylation sites (N-methyl/N-ethyl adjacent to an activating group) is 1. The number of anilines is 1. The van der Waals surface area contributed by atoms with Crippen LogP contribution in [0, 0.1) is 6.92 Å². The highest BCUT2D eigenvalue weighted by atomic mass is 16.5. The zero-order valence-corrected chi connectivity index (χ0v) is 16.5. The summed E-state index contributed by atoms with van der Waals surface area (Å²) in [6, 6.07) is 14.2. The first kappa shape index (κ1) is 20.0. The summed E-state index contributed by atoms with van der Waals surface area (Å²) < 4.78 is 5.46. The molecule has 2 aromatic carbocycles. The number of rotatable bonds is 8. The third-order valence-corrected chi connectivity index (χ3v) is 4.29. The zero-order valence-electron chi connectivity index (χ0n) is 16.5. The lowest BCUT2D eigenvalue weighted by atomic mass is 9.98. The maximum atomic E-state index is 12.5. The molecule has 4 nitrogen and oxygen atoms in total. The third-order valence-electron chi connectivity index (χ3n) is 4.29. The van der Waals surface area contributed by atoms with Crippen molar-refractivity contribution in [1.82, 2.24) is 4.90 Å². The predicted octanol–water partition coefficient (Wildman–Crippen LogP) is 4.59. The highest BCUT2D eigenvalue weighted by Crippen LogP contribution is 2.27. The monoisotopic (exact) mass is 354 g/mol. The molecule has 1 N–H and O–H groups in total. The minimum atomic E-state index is 0.00892. The van der Waals surface area contributed by atoms with Gasteiger partial charge in [0, 0.05) is 12.2 Å². The third kappa shape index (κ3) is 5.60. The van der Waals surface area contributed by atoms with Gasteiger partial charge in [-0.3, -0.25) is 9.69 Å². The highest BCUT2D eigenvalue weighted by molar-refractivity contribution is 5.93. The van der Waals surface area contributed by atoms with E-state index in [0.717, 1.165) is 22.6 Å². The fraction of sp³-hybridized carbons (Fsp3) is 0.409. The number of carbonyl (C=O) groups excluding carboxylic acids is 1. The van der Waals surface area contributed by atoms with Crippen LogP contribution in [0.5, 0.6) is 5.75 Å². The van der Waals surface area contributed by atoms with Gasteiger partial charge in [0.1, 0.15) is 5.75 Å². The summed E-state index contributed by atoms with van der Waals surface area (Å²) in [7, 11) is 1.96. The quantitative estimate of drug-likeness (QED) is 0.754. The van der Waals surface area contributed by atoms with Crippen molar-refractivity contribution in [2.24, 2.45) is 0 Å². The van der Waals surface area contributed by atoms with Gasteiger partial charge in [0.2, 0.25) is 5.91 Å². The number of benzene rings is 2. The molecule has 0 radical (unpaired) electrons. The number of amides is 1. The number of carbonyl (C=O) groups is 1. The second-order valence-corrected chi connectivity index (χ2v) is 6.99. The molecular weight excluding hydrogens is 324 g/mol. The molecule has 0 aliphatic heterocycles. The number of hydrogen-bond acceptors (Lipinski definition) is 3. The van der Waals surface area contributed by atoms with Crippen molar-refractivity contribution in [2.45, 2.75) is 40.2 Å². The second kappa shape index (κ2) is 9.39. The molecule has 140 valence electrons. The van der Waals surface area contributed by atoms with Gasteiger partial charge in [-0.25, -0.2) is 0 Å². The summed E-state index contributed by atoms with van der Waals surface area (Å²) in [6.07, 6.45) is 0. The molecule has 0 aliphatic carbocycles. The van der Waals surface area contributed by atoms with Crippen molar-refractivity contribution in [3.8, 4) is 5.75 Å². The number of nitrogens with zero attached hydrogens (tertiary/aromatic N) is 1. The van der Waals surface area contributed by atoms with Crippen molar-refractivity contribution in [1.29, 1.82) is 0 Å². The average Bonchev–Trinajstić information content (AvgIpc) is 2.58. The minimum Gasteiger partial charge on any atom is -0.494 e. The van der Waals surface area contributed by atoms with E-state index in [4.69, 9.17) is 4.74 Å². The van der Waals surface area contributed by atoms with Crippen LogP contribution in [-0.4, -0.2) is 31.0 Å². The smallest absolute Gasteiger partial charge is 0.238 e. The summed E-state index contributed by atoms with van der Waals surface area (Å²) in [6.45, 7) is 10.0. The van der Waals surface area contributed by atoms with Gasteiger partial charge >= 0.3 is 0 Å². The second-order valence-electron chi connectivity index (χ2n) is 6.99. The average molecular weight is 354 g/mol. The van der Waals surface area contributed by atoms with Crippen LogP contribution in [-0.2, 0) is 11.3 Å². The minimum absolute atomic E-state index is 0.00892. The molecule has 2 aromatic rings. The van der Waals surface area contributed by atoms with E-state index in [1.54, 1.807) is 0 Å². The highest BCUT2D eigenvalue weighted by Gasteiger charge is 2.13. The molecule has 4 heteroatoms. The van der Waals surface area contributed by atoms with Crippen LogP contribution < -0.4 is 10.1 Å². The maximum Gasteiger partial charge on any atom is 0.238 e. The number of nitrogens with one attached hydrogen (secondary N) is 1. The molecule has 0 spiro atoms. The van der Waals surface area contributed by atoms with Crippen molar-refractivity contribution in [3.05, 3.63) is 59.2 Å². The van der Waals surface area contributed by atoms with Gasteiger partial charge in [-0.15, -0.1) is 0 Å². The van der Waals surface area contributed by atoms with Crippen molar-refractivity contribution in [3.63, 3.8) is 0 Å². The van der Waals surface area contributed by atoms with E-state index >= 15 is 0 Å². The molecule has 0 unspecified atom stereocenters. The lowest BCUT2D eigenvalue weighted by molar-refractivity contribution is -0.117. The first-order valence-electron chi connectivity index (χ1n) is 9.20. The molecule has 0 aliphatic rings. The summed E-state index contributed by atoms with van der Waals surface area (Å²) in [4.78, 5) is 14.5. The van der Waals surface area contributed by atoms with Crippen LogP contribution in [0.2, 0.25) is 0 Å². The first-order valence-corrected chi connectivity index (χ1v) is 9.20. The first-order chi connectivity index (χ1) is 12.4. The number of para-hydroxylation sites is 1. The Balaban J connectivity index is 1.95. The predicted molar refractivity (Wildman–Crippen MR) is 108 cm³/mol. The van der Waals surface area contributed by atoms with E-state index in [1.807, 2.05) is 62.2 Å². The van der Waals surface area contributed by atoms with Crippen molar-refractivity contribution >= 4 is 11.6 Å². The van der Waals surface area contributed by atoms with Crippen LogP contribution in [0.15, 0.2) is 42.5 Å². The Kier molecular flexibility index (Phi) is 7.22. The number of hydrogen-bond donors (Lipinski definition) is 1. The Morgan fingerprint density at radius 1 is 1.15 bits per heavy atom. The molecule has 1 amide bonds. The van der Waals surface area contributed by atoms with Gasteiger partial charge in [0.25, 0.3) is 0 Å². The Hall–Kier alpha value is -2.33. The van der Waals surface area contributed by atoms with E-state index in [0.29, 0.717) is 25.6 Å².